The van der Waals surface area contributed by atoms with Crippen molar-refractivity contribution in [1.82, 2.24) is 9.88 Å². The van der Waals surface area contributed by atoms with E-state index in [0.717, 1.165) is 43.9 Å². The van der Waals surface area contributed by atoms with Gasteiger partial charge in [0.05, 0.1) is 11.8 Å². The van der Waals surface area contributed by atoms with Gasteiger partial charge in [-0.25, -0.2) is 0 Å². The molecule has 0 spiro atoms. The molecule has 1 aliphatic rings. The third kappa shape index (κ3) is 4.53. The normalized spacial score (nSPS) is 17.8. The minimum Gasteiger partial charge on any atom is -0.492 e. The molecule has 0 radical (unpaired) electrons. The first-order valence-corrected chi connectivity index (χ1v) is 8.32. The van der Waals surface area contributed by atoms with E-state index in [0.29, 0.717) is 12.5 Å². The van der Waals surface area contributed by atoms with Gasteiger partial charge in [0.15, 0.2) is 0 Å². The van der Waals surface area contributed by atoms with Crippen LogP contribution in [-0.4, -0.2) is 41.2 Å². The molecule has 1 atom stereocenters. The summed E-state index contributed by atoms with van der Waals surface area (Å²) in [5.74, 6) is 1.23. The highest BCUT2D eigenvalue weighted by Gasteiger charge is 2.26. The molecule has 0 aliphatic carbocycles. The van der Waals surface area contributed by atoms with Gasteiger partial charge >= 0.3 is 0 Å². The van der Waals surface area contributed by atoms with E-state index in [1.165, 1.54) is 0 Å². The Morgan fingerprint density at radius 2 is 1.83 bits per heavy atom. The van der Waals surface area contributed by atoms with Crippen LogP contribution in [0.4, 0.5) is 0 Å². The van der Waals surface area contributed by atoms with Crippen LogP contribution in [0.5, 0.6) is 5.75 Å². The van der Waals surface area contributed by atoms with Crippen molar-refractivity contribution in [2.24, 2.45) is 5.92 Å². The Labute approximate surface area is 137 Å². The molecule has 3 rings (SSSR count). The molecule has 0 saturated carbocycles. The first-order valence-electron chi connectivity index (χ1n) is 8.32. The van der Waals surface area contributed by atoms with Crippen molar-refractivity contribution in [2.75, 3.05) is 26.2 Å². The summed E-state index contributed by atoms with van der Waals surface area (Å²) >= 11 is 0. The molecule has 0 amide bonds. The number of para-hydroxylation sites is 1. The van der Waals surface area contributed by atoms with E-state index in [1.54, 1.807) is 6.20 Å². The lowest BCUT2D eigenvalue weighted by Gasteiger charge is -2.33. The maximum absolute atomic E-state index is 10.5. The summed E-state index contributed by atoms with van der Waals surface area (Å²) < 4.78 is 5.75. The highest BCUT2D eigenvalue weighted by atomic mass is 16.5. The molecule has 0 bridgehead atoms. The summed E-state index contributed by atoms with van der Waals surface area (Å²) in [7, 11) is 0. The van der Waals surface area contributed by atoms with Crippen LogP contribution in [0.25, 0.3) is 0 Å². The zero-order valence-corrected chi connectivity index (χ0v) is 13.3. The van der Waals surface area contributed by atoms with Crippen molar-refractivity contribution >= 4 is 0 Å². The van der Waals surface area contributed by atoms with Crippen LogP contribution in [-0.2, 0) is 0 Å². The summed E-state index contributed by atoms with van der Waals surface area (Å²) in [5, 5.41) is 10.5. The smallest absolute Gasteiger partial charge is 0.119 e. The zero-order chi connectivity index (χ0) is 15.9. The van der Waals surface area contributed by atoms with Crippen LogP contribution in [0.2, 0.25) is 0 Å². The fourth-order valence-corrected chi connectivity index (χ4v) is 3.09. The number of hydrogen-bond acceptors (Lipinski definition) is 4. The number of benzene rings is 1. The van der Waals surface area contributed by atoms with E-state index < -0.39 is 6.10 Å². The van der Waals surface area contributed by atoms with Crippen molar-refractivity contribution in [3.63, 3.8) is 0 Å². The Kier molecular flexibility index (Phi) is 5.61. The predicted octanol–water partition coefficient (Wildman–Crippen LogP) is 2.91. The molecule has 2 aromatic rings. The van der Waals surface area contributed by atoms with E-state index in [1.807, 2.05) is 48.5 Å². The molecule has 1 aliphatic heterocycles. The summed E-state index contributed by atoms with van der Waals surface area (Å²) in [4.78, 5) is 6.68. The number of pyridine rings is 1. The van der Waals surface area contributed by atoms with E-state index >= 15 is 0 Å². The van der Waals surface area contributed by atoms with Crippen molar-refractivity contribution in [3.8, 4) is 5.75 Å². The molecule has 0 unspecified atom stereocenters. The van der Waals surface area contributed by atoms with Crippen molar-refractivity contribution in [1.29, 1.82) is 0 Å². The Hall–Kier alpha value is -1.91. The van der Waals surface area contributed by atoms with Crippen LogP contribution in [0.1, 0.15) is 24.6 Å². The van der Waals surface area contributed by atoms with Gasteiger partial charge in [-0.2, -0.15) is 0 Å². The summed E-state index contributed by atoms with van der Waals surface area (Å²) in [5.41, 5.74) is 0.790. The molecule has 1 aromatic heterocycles. The quantitative estimate of drug-likeness (QED) is 0.891. The van der Waals surface area contributed by atoms with Crippen LogP contribution in [0.3, 0.4) is 0 Å². The number of aliphatic hydroxyl groups excluding tert-OH is 1. The topological polar surface area (TPSA) is 45.6 Å². The number of nitrogens with zero attached hydrogens (tertiary/aromatic N) is 2. The molecule has 1 saturated heterocycles. The van der Waals surface area contributed by atoms with E-state index in [9.17, 15) is 5.11 Å². The average Bonchev–Trinajstić information content (AvgIpc) is 2.63. The second kappa shape index (κ2) is 8.09. The van der Waals surface area contributed by atoms with Crippen LogP contribution in [0.15, 0.2) is 54.7 Å². The summed E-state index contributed by atoms with van der Waals surface area (Å²) in [6, 6.07) is 15.6. The Bertz CT molecular complexity index is 568. The third-order valence-corrected chi connectivity index (χ3v) is 4.49. The molecule has 1 N–H and O–H groups in total. The molecular weight excluding hydrogens is 288 g/mol. The van der Waals surface area contributed by atoms with Gasteiger partial charge in [-0.05, 0) is 56.1 Å². The number of aliphatic hydroxyl groups is 1. The minimum absolute atomic E-state index is 0.302. The van der Waals surface area contributed by atoms with Crippen LogP contribution in [0, 0.1) is 5.92 Å². The molecule has 23 heavy (non-hydrogen) atoms. The van der Waals surface area contributed by atoms with Crippen molar-refractivity contribution in [3.05, 3.63) is 60.4 Å². The van der Waals surface area contributed by atoms with E-state index in [2.05, 4.69) is 9.88 Å². The van der Waals surface area contributed by atoms with Gasteiger partial charge in [-0.15, -0.1) is 0 Å². The van der Waals surface area contributed by atoms with Gasteiger partial charge in [0.2, 0.25) is 0 Å². The first-order chi connectivity index (χ1) is 11.3. The lowest BCUT2D eigenvalue weighted by atomic mass is 9.89. The zero-order valence-electron chi connectivity index (χ0n) is 13.3. The SMILES string of the molecule is O[C@@H](c1ccccn1)C1CCN(CCOc2ccccc2)CC1. The maximum Gasteiger partial charge on any atom is 0.119 e. The maximum atomic E-state index is 10.5. The Morgan fingerprint density at radius 3 is 2.52 bits per heavy atom. The van der Waals surface area contributed by atoms with Crippen molar-refractivity contribution in [2.45, 2.75) is 18.9 Å². The fraction of sp³-hybridized carbons (Fsp3) is 0.421. The molecule has 1 fully saturated rings. The number of piperidine rings is 1. The molecular formula is C19H24N2O2. The number of hydrogen-bond donors (Lipinski definition) is 1. The fourth-order valence-electron chi connectivity index (χ4n) is 3.09. The van der Waals surface area contributed by atoms with Crippen molar-refractivity contribution < 1.29 is 9.84 Å². The molecule has 1 aromatic carbocycles. The van der Waals surface area contributed by atoms with E-state index in [-0.39, 0.29) is 0 Å². The van der Waals surface area contributed by atoms with Gasteiger partial charge in [0, 0.05) is 12.7 Å². The second-order valence-electron chi connectivity index (χ2n) is 6.04. The summed E-state index contributed by atoms with van der Waals surface area (Å²) in [6.07, 6.45) is 3.31. The monoisotopic (exact) mass is 312 g/mol. The average molecular weight is 312 g/mol. The van der Waals surface area contributed by atoms with Gasteiger partial charge in [0.1, 0.15) is 12.4 Å². The standard InChI is InChI=1S/C19H24N2O2/c22-19(18-8-4-5-11-20-18)16-9-12-21(13-10-16)14-15-23-17-6-2-1-3-7-17/h1-8,11,16,19,22H,9-10,12-15H2/t19-/m1/s1. The Balaban J connectivity index is 1.40. The van der Waals surface area contributed by atoms with Gasteiger partial charge in [-0.3, -0.25) is 9.88 Å². The number of ether oxygens (including phenoxy) is 1. The summed E-state index contributed by atoms with van der Waals surface area (Å²) in [6.45, 7) is 3.65. The lowest BCUT2D eigenvalue weighted by molar-refractivity contribution is 0.0524. The number of likely N-dealkylation sites (tertiary alicyclic amines) is 1. The molecule has 4 heteroatoms. The van der Waals surface area contributed by atoms with Gasteiger partial charge < -0.3 is 9.84 Å². The second-order valence-corrected chi connectivity index (χ2v) is 6.04. The van der Waals surface area contributed by atoms with Crippen LogP contribution >= 0.6 is 0 Å². The minimum atomic E-state index is -0.445. The number of rotatable bonds is 6. The highest BCUT2D eigenvalue weighted by molar-refractivity contribution is 5.20. The first kappa shape index (κ1) is 16.0. The third-order valence-electron chi connectivity index (χ3n) is 4.49. The van der Waals surface area contributed by atoms with Gasteiger partial charge in [0.25, 0.3) is 0 Å². The molecule has 4 nitrogen and oxygen atoms in total. The lowest BCUT2D eigenvalue weighted by Crippen LogP contribution is -2.38. The molecule has 122 valence electrons. The van der Waals surface area contributed by atoms with Crippen LogP contribution < -0.4 is 4.74 Å². The van der Waals surface area contributed by atoms with Gasteiger partial charge in [-0.1, -0.05) is 24.3 Å². The number of aromatic nitrogens is 1. The van der Waals surface area contributed by atoms with E-state index in [4.69, 9.17) is 4.74 Å². The predicted molar refractivity (Wildman–Crippen MR) is 90.3 cm³/mol. The largest absolute Gasteiger partial charge is 0.492 e. The highest BCUT2D eigenvalue weighted by Crippen LogP contribution is 2.29. The molecule has 2 heterocycles. The Morgan fingerprint density at radius 1 is 1.09 bits per heavy atom.